The average Bonchev–Trinajstić information content (AvgIpc) is 2.56. The van der Waals surface area contributed by atoms with Gasteiger partial charge in [0.2, 0.25) is 0 Å². The fourth-order valence-corrected chi connectivity index (χ4v) is 3.11. The molecule has 1 fully saturated rings. The summed E-state index contributed by atoms with van der Waals surface area (Å²) in [5.74, 6) is -0.0836. The first-order valence-electron chi connectivity index (χ1n) is 5.76. The van der Waals surface area contributed by atoms with Crippen molar-refractivity contribution in [1.82, 2.24) is 5.32 Å². The number of halogens is 1. The van der Waals surface area contributed by atoms with Crippen LogP contribution in [0.25, 0.3) is 0 Å². The summed E-state index contributed by atoms with van der Waals surface area (Å²) in [6, 6.07) is 5.30. The number of fused-ring (bicyclic) bond motifs is 1. The van der Waals surface area contributed by atoms with Crippen LogP contribution in [0.5, 0.6) is 0 Å². The molecule has 1 heterocycles. The van der Waals surface area contributed by atoms with E-state index in [0.29, 0.717) is 5.41 Å². The molecule has 80 valence electrons. The molecule has 1 spiro atoms. The second kappa shape index (κ2) is 3.31. The van der Waals surface area contributed by atoms with Gasteiger partial charge >= 0.3 is 0 Å². The Morgan fingerprint density at radius 3 is 2.60 bits per heavy atom. The van der Waals surface area contributed by atoms with Crippen LogP contribution in [0.4, 0.5) is 4.39 Å². The molecule has 1 nitrogen and oxygen atoms in total. The molecule has 0 atom stereocenters. The van der Waals surface area contributed by atoms with Crippen LogP contribution >= 0.6 is 0 Å². The first-order valence-corrected chi connectivity index (χ1v) is 5.76. The van der Waals surface area contributed by atoms with E-state index in [0.717, 1.165) is 25.9 Å². The summed E-state index contributed by atoms with van der Waals surface area (Å²) in [5.41, 5.74) is 3.07. The summed E-state index contributed by atoms with van der Waals surface area (Å²) >= 11 is 0. The van der Waals surface area contributed by atoms with Crippen molar-refractivity contribution in [3.05, 3.63) is 35.1 Å². The molecule has 1 aromatic carbocycles. The van der Waals surface area contributed by atoms with E-state index < -0.39 is 0 Å². The van der Waals surface area contributed by atoms with Crippen LogP contribution in [-0.4, -0.2) is 13.1 Å². The maximum atomic E-state index is 13.1. The Morgan fingerprint density at radius 2 is 1.80 bits per heavy atom. The molecule has 2 heteroatoms. The maximum absolute atomic E-state index is 13.1. The molecule has 0 saturated carbocycles. The molecule has 1 aliphatic carbocycles. The molecule has 15 heavy (non-hydrogen) atoms. The highest BCUT2D eigenvalue weighted by Gasteiger charge is 2.37. The fraction of sp³-hybridized carbons (Fsp3) is 0.538. The Kier molecular flexibility index (Phi) is 2.06. The van der Waals surface area contributed by atoms with E-state index >= 15 is 0 Å². The third-order valence-corrected chi connectivity index (χ3v) is 3.96. The summed E-state index contributed by atoms with van der Waals surface area (Å²) in [6.45, 7) is 2.24. The van der Waals surface area contributed by atoms with Gasteiger partial charge in [-0.1, -0.05) is 6.07 Å². The highest BCUT2D eigenvalue weighted by atomic mass is 19.1. The zero-order chi connectivity index (χ0) is 10.3. The van der Waals surface area contributed by atoms with Gasteiger partial charge < -0.3 is 5.32 Å². The van der Waals surface area contributed by atoms with Crippen molar-refractivity contribution in [2.75, 3.05) is 13.1 Å². The Balaban J connectivity index is 1.90. The Morgan fingerprint density at radius 1 is 1.07 bits per heavy atom. The van der Waals surface area contributed by atoms with E-state index in [1.54, 1.807) is 12.1 Å². The molecule has 1 aromatic rings. The van der Waals surface area contributed by atoms with Gasteiger partial charge in [0, 0.05) is 0 Å². The normalized spacial score (nSPS) is 23.0. The summed E-state index contributed by atoms with van der Waals surface area (Å²) in [6.07, 6.45) is 4.72. The number of hydrogen-bond donors (Lipinski definition) is 1. The third-order valence-electron chi connectivity index (χ3n) is 3.96. The van der Waals surface area contributed by atoms with Crippen molar-refractivity contribution >= 4 is 0 Å². The van der Waals surface area contributed by atoms with Crippen LogP contribution in [0.15, 0.2) is 18.2 Å². The van der Waals surface area contributed by atoms with Crippen LogP contribution in [0.3, 0.4) is 0 Å². The molecular formula is C13H16FN. The van der Waals surface area contributed by atoms with Gasteiger partial charge in [-0.3, -0.25) is 0 Å². The van der Waals surface area contributed by atoms with Gasteiger partial charge in [0.1, 0.15) is 5.82 Å². The second-order valence-corrected chi connectivity index (χ2v) is 5.02. The zero-order valence-corrected chi connectivity index (χ0v) is 8.85. The minimum absolute atomic E-state index is 0.0836. The van der Waals surface area contributed by atoms with Gasteiger partial charge in [0.25, 0.3) is 0 Å². The minimum atomic E-state index is -0.0836. The lowest BCUT2D eigenvalue weighted by Crippen LogP contribution is -2.37. The lowest BCUT2D eigenvalue weighted by Gasteiger charge is -2.33. The fourth-order valence-electron chi connectivity index (χ4n) is 3.11. The average molecular weight is 205 g/mol. The number of rotatable bonds is 0. The monoisotopic (exact) mass is 205 g/mol. The van der Waals surface area contributed by atoms with Crippen molar-refractivity contribution in [3.8, 4) is 0 Å². The van der Waals surface area contributed by atoms with Crippen molar-refractivity contribution in [1.29, 1.82) is 0 Å². The largest absolute Gasteiger partial charge is 0.317 e. The SMILES string of the molecule is Fc1ccc2c(c1)CC1(CCNCC1)C2. The third kappa shape index (κ3) is 1.57. The highest BCUT2D eigenvalue weighted by molar-refractivity contribution is 5.35. The van der Waals surface area contributed by atoms with E-state index in [9.17, 15) is 4.39 Å². The van der Waals surface area contributed by atoms with Crippen LogP contribution in [0.2, 0.25) is 0 Å². The first-order chi connectivity index (χ1) is 7.27. The van der Waals surface area contributed by atoms with Crippen LogP contribution in [0.1, 0.15) is 24.0 Å². The smallest absolute Gasteiger partial charge is 0.123 e. The number of benzene rings is 1. The van der Waals surface area contributed by atoms with Crippen LogP contribution in [0, 0.1) is 11.2 Å². The second-order valence-electron chi connectivity index (χ2n) is 5.02. The highest BCUT2D eigenvalue weighted by Crippen LogP contribution is 2.43. The predicted octanol–water partition coefficient (Wildman–Crippen LogP) is 2.29. The van der Waals surface area contributed by atoms with Crippen molar-refractivity contribution in [3.63, 3.8) is 0 Å². The van der Waals surface area contributed by atoms with Gasteiger partial charge in [-0.05, 0) is 67.4 Å². The molecule has 1 N–H and O–H groups in total. The van der Waals surface area contributed by atoms with Gasteiger partial charge in [-0.15, -0.1) is 0 Å². The van der Waals surface area contributed by atoms with Crippen molar-refractivity contribution in [2.24, 2.45) is 5.41 Å². The summed E-state index contributed by atoms with van der Waals surface area (Å²) in [4.78, 5) is 0. The quantitative estimate of drug-likeness (QED) is 0.685. The van der Waals surface area contributed by atoms with Crippen LogP contribution < -0.4 is 5.32 Å². The number of hydrogen-bond acceptors (Lipinski definition) is 1. The predicted molar refractivity (Wildman–Crippen MR) is 58.3 cm³/mol. The van der Waals surface area contributed by atoms with E-state index in [-0.39, 0.29) is 5.82 Å². The molecule has 0 aromatic heterocycles. The molecule has 0 bridgehead atoms. The molecule has 1 saturated heterocycles. The molecule has 0 radical (unpaired) electrons. The summed E-state index contributed by atoms with van der Waals surface area (Å²) in [5, 5.41) is 3.40. The standard InChI is InChI=1S/C13H16FN/c14-12-2-1-10-8-13(9-11(10)7-12)3-5-15-6-4-13/h1-2,7,15H,3-6,8-9H2. The van der Waals surface area contributed by atoms with E-state index in [2.05, 4.69) is 5.32 Å². The molecule has 0 unspecified atom stereocenters. The van der Waals surface area contributed by atoms with E-state index in [1.165, 1.54) is 24.0 Å². The molecular weight excluding hydrogens is 189 g/mol. The lowest BCUT2D eigenvalue weighted by molar-refractivity contribution is 0.216. The van der Waals surface area contributed by atoms with E-state index in [1.807, 2.05) is 6.07 Å². The molecule has 1 aliphatic heterocycles. The Labute approximate surface area is 89.7 Å². The topological polar surface area (TPSA) is 12.0 Å². The summed E-state index contributed by atoms with van der Waals surface area (Å²) in [7, 11) is 0. The van der Waals surface area contributed by atoms with Gasteiger partial charge in [-0.25, -0.2) is 4.39 Å². The lowest BCUT2D eigenvalue weighted by atomic mass is 9.76. The van der Waals surface area contributed by atoms with E-state index in [4.69, 9.17) is 0 Å². The zero-order valence-electron chi connectivity index (χ0n) is 8.85. The summed E-state index contributed by atoms with van der Waals surface area (Å²) < 4.78 is 13.1. The number of nitrogens with one attached hydrogen (secondary N) is 1. The maximum Gasteiger partial charge on any atom is 0.123 e. The minimum Gasteiger partial charge on any atom is -0.317 e. The van der Waals surface area contributed by atoms with Crippen LogP contribution in [-0.2, 0) is 12.8 Å². The van der Waals surface area contributed by atoms with Crippen molar-refractivity contribution in [2.45, 2.75) is 25.7 Å². The Bertz CT molecular complexity index is 380. The molecule has 0 amide bonds. The van der Waals surface area contributed by atoms with Crippen molar-refractivity contribution < 1.29 is 4.39 Å². The van der Waals surface area contributed by atoms with Gasteiger partial charge in [0.15, 0.2) is 0 Å². The molecule has 3 rings (SSSR count). The first kappa shape index (κ1) is 9.34. The van der Waals surface area contributed by atoms with Gasteiger partial charge in [-0.2, -0.15) is 0 Å². The number of piperidine rings is 1. The molecule has 2 aliphatic rings. The Hall–Kier alpha value is -0.890. The van der Waals surface area contributed by atoms with Gasteiger partial charge in [0.05, 0.1) is 0 Å².